The molecule has 0 aliphatic carbocycles. The molecule has 2 aromatic heterocycles. The number of carbonyl (C=O) groups excluding carboxylic acids is 1. The Labute approximate surface area is 126 Å². The molecule has 0 bridgehead atoms. The molecule has 0 saturated carbocycles. The van der Waals surface area contributed by atoms with Crippen LogP contribution in [0.3, 0.4) is 0 Å². The van der Waals surface area contributed by atoms with Crippen molar-refractivity contribution in [2.45, 2.75) is 46.3 Å². The summed E-state index contributed by atoms with van der Waals surface area (Å²) in [5.74, 6) is -0.251. The smallest absolute Gasteiger partial charge is 0.331 e. The molecule has 2 aromatic rings. The molecule has 7 heteroatoms. The standard InChI is InChI=1S/C14H19N3O3S/c1-5-16-12(19)11-9(6-7-21-11)17(13(16)20)8-10(18)15-14(2,3)4/h6-7H,5,8H2,1-4H3,(H,15,18). The summed E-state index contributed by atoms with van der Waals surface area (Å²) in [6.07, 6.45) is 0. The quantitative estimate of drug-likeness (QED) is 0.924. The van der Waals surface area contributed by atoms with Gasteiger partial charge in [0.1, 0.15) is 11.2 Å². The minimum atomic E-state index is -0.447. The van der Waals surface area contributed by atoms with E-state index in [1.807, 2.05) is 20.8 Å². The summed E-state index contributed by atoms with van der Waals surface area (Å²) < 4.78 is 3.01. The molecule has 114 valence electrons. The molecule has 21 heavy (non-hydrogen) atoms. The van der Waals surface area contributed by atoms with Crippen LogP contribution < -0.4 is 16.6 Å². The van der Waals surface area contributed by atoms with Crippen molar-refractivity contribution < 1.29 is 4.79 Å². The highest BCUT2D eigenvalue weighted by atomic mass is 32.1. The monoisotopic (exact) mass is 309 g/mol. The van der Waals surface area contributed by atoms with E-state index in [4.69, 9.17) is 0 Å². The average Bonchev–Trinajstić information content (AvgIpc) is 2.82. The molecule has 0 aliphatic heterocycles. The number of hydrogen-bond donors (Lipinski definition) is 1. The Hall–Kier alpha value is -1.89. The molecule has 0 aliphatic rings. The van der Waals surface area contributed by atoms with E-state index in [-0.39, 0.29) is 30.1 Å². The van der Waals surface area contributed by atoms with Gasteiger partial charge in [-0.1, -0.05) is 0 Å². The van der Waals surface area contributed by atoms with E-state index in [9.17, 15) is 14.4 Å². The molecule has 0 unspecified atom stereocenters. The van der Waals surface area contributed by atoms with Crippen molar-refractivity contribution in [1.82, 2.24) is 14.5 Å². The van der Waals surface area contributed by atoms with Gasteiger partial charge in [-0.25, -0.2) is 4.79 Å². The maximum absolute atomic E-state index is 12.4. The van der Waals surface area contributed by atoms with Crippen molar-refractivity contribution in [2.24, 2.45) is 0 Å². The Morgan fingerprint density at radius 2 is 1.95 bits per heavy atom. The van der Waals surface area contributed by atoms with Crippen LogP contribution in [0.2, 0.25) is 0 Å². The number of rotatable bonds is 3. The Morgan fingerprint density at radius 3 is 2.52 bits per heavy atom. The van der Waals surface area contributed by atoms with Gasteiger partial charge in [-0.2, -0.15) is 0 Å². The maximum Gasteiger partial charge on any atom is 0.331 e. The van der Waals surface area contributed by atoms with Crippen LogP contribution in [0, 0.1) is 0 Å². The first kappa shape index (κ1) is 15.5. The fraction of sp³-hybridized carbons (Fsp3) is 0.500. The van der Waals surface area contributed by atoms with Gasteiger partial charge < -0.3 is 5.32 Å². The van der Waals surface area contributed by atoms with Gasteiger partial charge in [-0.05, 0) is 39.1 Å². The van der Waals surface area contributed by atoms with E-state index >= 15 is 0 Å². The number of nitrogens with one attached hydrogen (secondary N) is 1. The van der Waals surface area contributed by atoms with Crippen molar-refractivity contribution >= 4 is 27.5 Å². The fourth-order valence-corrected chi connectivity index (χ4v) is 3.01. The highest BCUT2D eigenvalue weighted by molar-refractivity contribution is 7.17. The van der Waals surface area contributed by atoms with E-state index in [0.717, 1.165) is 4.57 Å². The van der Waals surface area contributed by atoms with Gasteiger partial charge >= 0.3 is 5.69 Å². The number of aromatic nitrogens is 2. The minimum Gasteiger partial charge on any atom is -0.350 e. The van der Waals surface area contributed by atoms with Gasteiger partial charge in [0, 0.05) is 12.1 Å². The lowest BCUT2D eigenvalue weighted by Crippen LogP contribution is -2.46. The van der Waals surface area contributed by atoms with Crippen LogP contribution in [0.4, 0.5) is 0 Å². The minimum absolute atomic E-state index is 0.0936. The highest BCUT2D eigenvalue weighted by Gasteiger charge is 2.18. The molecule has 1 N–H and O–H groups in total. The Bertz CT molecular complexity index is 792. The molecule has 0 atom stereocenters. The van der Waals surface area contributed by atoms with Gasteiger partial charge in [-0.15, -0.1) is 11.3 Å². The highest BCUT2D eigenvalue weighted by Crippen LogP contribution is 2.15. The first-order chi connectivity index (χ1) is 9.74. The summed E-state index contributed by atoms with van der Waals surface area (Å²) >= 11 is 1.28. The number of fused-ring (bicyclic) bond motifs is 1. The molecular weight excluding hydrogens is 290 g/mol. The van der Waals surface area contributed by atoms with E-state index in [1.165, 1.54) is 15.9 Å². The van der Waals surface area contributed by atoms with Crippen LogP contribution in [0.15, 0.2) is 21.0 Å². The van der Waals surface area contributed by atoms with Crippen LogP contribution >= 0.6 is 11.3 Å². The van der Waals surface area contributed by atoms with Gasteiger partial charge in [0.05, 0.1) is 5.52 Å². The van der Waals surface area contributed by atoms with Crippen LogP contribution in [0.25, 0.3) is 10.2 Å². The largest absolute Gasteiger partial charge is 0.350 e. The normalized spacial score (nSPS) is 11.8. The van der Waals surface area contributed by atoms with Gasteiger partial charge in [0.25, 0.3) is 5.56 Å². The first-order valence-electron chi connectivity index (χ1n) is 6.76. The molecule has 0 aromatic carbocycles. The lowest BCUT2D eigenvalue weighted by Gasteiger charge is -2.21. The predicted molar refractivity (Wildman–Crippen MR) is 83.9 cm³/mol. The Kier molecular flexibility index (Phi) is 4.04. The van der Waals surface area contributed by atoms with Crippen molar-refractivity contribution in [3.8, 4) is 0 Å². The molecular formula is C14H19N3O3S. The molecule has 1 amide bonds. The number of carbonyl (C=O) groups is 1. The van der Waals surface area contributed by atoms with Crippen LogP contribution in [0.1, 0.15) is 27.7 Å². The van der Waals surface area contributed by atoms with Crippen molar-refractivity contribution in [3.63, 3.8) is 0 Å². The summed E-state index contributed by atoms with van der Waals surface area (Å²) in [6, 6.07) is 1.70. The Balaban J connectivity index is 2.54. The fourth-order valence-electron chi connectivity index (χ4n) is 2.17. The van der Waals surface area contributed by atoms with Crippen molar-refractivity contribution in [3.05, 3.63) is 32.3 Å². The second-order valence-electron chi connectivity index (χ2n) is 5.85. The molecule has 2 rings (SSSR count). The number of amides is 1. The number of nitrogens with zero attached hydrogens (tertiary/aromatic N) is 2. The molecule has 6 nitrogen and oxygen atoms in total. The van der Waals surface area contributed by atoms with Gasteiger partial charge in [0.15, 0.2) is 0 Å². The second kappa shape index (κ2) is 5.48. The zero-order valence-corrected chi connectivity index (χ0v) is 13.4. The van der Waals surface area contributed by atoms with Crippen LogP contribution in [-0.4, -0.2) is 20.6 Å². The SMILES string of the molecule is CCn1c(=O)c2sccc2n(CC(=O)NC(C)(C)C)c1=O. The van der Waals surface area contributed by atoms with Crippen LogP contribution in [0.5, 0.6) is 0 Å². The van der Waals surface area contributed by atoms with Crippen molar-refractivity contribution in [1.29, 1.82) is 0 Å². The van der Waals surface area contributed by atoms with Gasteiger partial charge in [0.2, 0.25) is 5.91 Å². The van der Waals surface area contributed by atoms with Crippen LogP contribution in [-0.2, 0) is 17.9 Å². The molecule has 0 fully saturated rings. The molecule has 2 heterocycles. The zero-order chi connectivity index (χ0) is 15.8. The topological polar surface area (TPSA) is 73.1 Å². The number of thiophene rings is 1. The second-order valence-corrected chi connectivity index (χ2v) is 6.77. The van der Waals surface area contributed by atoms with Gasteiger partial charge in [-0.3, -0.25) is 18.7 Å². The van der Waals surface area contributed by atoms with E-state index < -0.39 is 5.69 Å². The van der Waals surface area contributed by atoms with E-state index in [1.54, 1.807) is 18.4 Å². The number of hydrogen-bond acceptors (Lipinski definition) is 4. The summed E-state index contributed by atoms with van der Waals surface area (Å²) in [7, 11) is 0. The molecule has 0 saturated heterocycles. The summed E-state index contributed by atoms with van der Waals surface area (Å²) in [5, 5.41) is 4.57. The van der Waals surface area contributed by atoms with E-state index in [0.29, 0.717) is 10.2 Å². The Morgan fingerprint density at radius 1 is 1.29 bits per heavy atom. The average molecular weight is 309 g/mol. The third-order valence-electron chi connectivity index (χ3n) is 2.97. The third kappa shape index (κ3) is 3.07. The van der Waals surface area contributed by atoms with Crippen molar-refractivity contribution in [2.75, 3.05) is 0 Å². The maximum atomic E-state index is 12.4. The molecule has 0 radical (unpaired) electrons. The molecule has 0 spiro atoms. The summed E-state index contributed by atoms with van der Waals surface area (Å²) in [6.45, 7) is 7.56. The summed E-state index contributed by atoms with van der Waals surface area (Å²) in [4.78, 5) is 36.6. The first-order valence-corrected chi connectivity index (χ1v) is 7.64. The lowest BCUT2D eigenvalue weighted by atomic mass is 10.1. The third-order valence-corrected chi connectivity index (χ3v) is 3.86. The lowest BCUT2D eigenvalue weighted by molar-refractivity contribution is -0.123. The zero-order valence-electron chi connectivity index (χ0n) is 12.6. The predicted octanol–water partition coefficient (Wildman–Crippen LogP) is 1.16. The van der Waals surface area contributed by atoms with E-state index in [2.05, 4.69) is 5.32 Å². The summed E-state index contributed by atoms with van der Waals surface area (Å²) in [5.41, 5.74) is -0.589.